The molecule has 3 rings (SSSR count). The highest BCUT2D eigenvalue weighted by atomic mass is 32.1. The van der Waals surface area contributed by atoms with Crippen molar-refractivity contribution in [2.75, 3.05) is 11.9 Å². The number of carbonyl (C=O) groups excluding carboxylic acids is 1. The fourth-order valence-corrected chi connectivity index (χ4v) is 3.36. The number of amides is 1. The van der Waals surface area contributed by atoms with E-state index in [0.29, 0.717) is 0 Å². The van der Waals surface area contributed by atoms with Gasteiger partial charge in [0, 0.05) is 29.8 Å². The van der Waals surface area contributed by atoms with Gasteiger partial charge in [0.2, 0.25) is 5.91 Å². The number of nitrogens with zero attached hydrogens (tertiary/aromatic N) is 2. The summed E-state index contributed by atoms with van der Waals surface area (Å²) in [6.07, 6.45) is 3.57. The van der Waals surface area contributed by atoms with E-state index < -0.39 is 0 Å². The smallest absolute Gasteiger partial charge is 0.231 e. The van der Waals surface area contributed by atoms with Crippen molar-refractivity contribution < 1.29 is 9.21 Å². The summed E-state index contributed by atoms with van der Waals surface area (Å²) >= 11 is 1.61. The molecule has 1 aliphatic carbocycles. The fourth-order valence-electron chi connectivity index (χ4n) is 2.32. The summed E-state index contributed by atoms with van der Waals surface area (Å²) in [5, 5.41) is 0.776. The van der Waals surface area contributed by atoms with Crippen LogP contribution in [0.15, 0.2) is 16.7 Å². The summed E-state index contributed by atoms with van der Waals surface area (Å²) in [5.41, 5.74) is 2.06. The van der Waals surface area contributed by atoms with Gasteiger partial charge in [-0.1, -0.05) is 13.8 Å². The first-order chi connectivity index (χ1) is 9.08. The highest BCUT2D eigenvalue weighted by Crippen LogP contribution is 2.39. The van der Waals surface area contributed by atoms with Gasteiger partial charge in [-0.2, -0.15) is 0 Å². The molecule has 100 valence electrons. The van der Waals surface area contributed by atoms with Crippen LogP contribution < -0.4 is 4.90 Å². The van der Waals surface area contributed by atoms with Crippen LogP contribution in [0.2, 0.25) is 0 Å². The molecule has 0 saturated carbocycles. The van der Waals surface area contributed by atoms with Gasteiger partial charge in [-0.15, -0.1) is 11.3 Å². The Morgan fingerprint density at radius 1 is 1.47 bits per heavy atom. The van der Waals surface area contributed by atoms with Gasteiger partial charge in [-0.3, -0.25) is 9.69 Å². The lowest BCUT2D eigenvalue weighted by molar-refractivity contribution is -0.121. The largest absolute Gasteiger partial charge is 0.469 e. The molecule has 4 nitrogen and oxygen atoms in total. The molecule has 0 bridgehead atoms. The third-order valence-electron chi connectivity index (χ3n) is 3.38. The quantitative estimate of drug-likeness (QED) is 0.846. The Labute approximate surface area is 116 Å². The first-order valence-corrected chi connectivity index (χ1v) is 7.23. The molecule has 0 saturated heterocycles. The zero-order valence-corrected chi connectivity index (χ0v) is 12.1. The maximum absolute atomic E-state index is 12.0. The van der Waals surface area contributed by atoms with Crippen LogP contribution >= 0.6 is 11.3 Å². The number of rotatable bonds is 2. The van der Waals surface area contributed by atoms with Gasteiger partial charge < -0.3 is 4.42 Å². The number of carbonyl (C=O) groups is 1. The number of aryl methyl sites for hydroxylation is 2. The van der Waals surface area contributed by atoms with E-state index in [9.17, 15) is 4.79 Å². The monoisotopic (exact) mass is 276 g/mol. The van der Waals surface area contributed by atoms with Crippen molar-refractivity contribution in [2.45, 2.75) is 26.7 Å². The molecule has 0 aromatic carbocycles. The number of aromatic nitrogens is 1. The number of thiazole rings is 1. The second-order valence-corrected chi connectivity index (χ2v) is 6.14. The lowest BCUT2D eigenvalue weighted by Gasteiger charge is -2.15. The average Bonchev–Trinajstić information content (AvgIpc) is 3.01. The van der Waals surface area contributed by atoms with E-state index in [-0.39, 0.29) is 11.8 Å². The summed E-state index contributed by atoms with van der Waals surface area (Å²) in [6, 6.07) is 1.96. The normalized spacial score (nSPS) is 13.3. The van der Waals surface area contributed by atoms with Gasteiger partial charge in [-0.25, -0.2) is 4.98 Å². The van der Waals surface area contributed by atoms with Gasteiger partial charge in [0.15, 0.2) is 5.13 Å². The number of hydrogen-bond donors (Lipinski definition) is 0. The van der Waals surface area contributed by atoms with Crippen molar-refractivity contribution in [3.63, 3.8) is 0 Å². The van der Waals surface area contributed by atoms with Crippen molar-refractivity contribution >= 4 is 22.4 Å². The molecule has 0 atom stereocenters. The summed E-state index contributed by atoms with van der Waals surface area (Å²) in [7, 11) is 1.79. The molecule has 2 aromatic heterocycles. The SMILES string of the molecule is CC(C)C(=O)N(C)c1nc2c(s1)CCc1occc1-2. The lowest BCUT2D eigenvalue weighted by atomic mass is 10.0. The van der Waals surface area contributed by atoms with E-state index in [1.807, 2.05) is 19.9 Å². The van der Waals surface area contributed by atoms with Gasteiger partial charge in [0.1, 0.15) is 5.76 Å². The van der Waals surface area contributed by atoms with Crippen molar-refractivity contribution in [1.82, 2.24) is 4.98 Å². The Kier molecular flexibility index (Phi) is 2.93. The molecule has 2 aromatic rings. The van der Waals surface area contributed by atoms with Gasteiger partial charge >= 0.3 is 0 Å². The molecule has 0 radical (unpaired) electrons. The maximum atomic E-state index is 12.0. The first-order valence-electron chi connectivity index (χ1n) is 6.42. The van der Waals surface area contributed by atoms with Crippen LogP contribution in [-0.2, 0) is 17.6 Å². The van der Waals surface area contributed by atoms with Crippen LogP contribution in [0, 0.1) is 5.92 Å². The van der Waals surface area contributed by atoms with E-state index in [2.05, 4.69) is 4.98 Å². The Balaban J connectivity index is 1.98. The van der Waals surface area contributed by atoms with Crippen LogP contribution in [0.4, 0.5) is 5.13 Å². The number of anilines is 1. The molecule has 0 aliphatic heterocycles. The molecule has 0 N–H and O–H groups in total. The molecule has 19 heavy (non-hydrogen) atoms. The Morgan fingerprint density at radius 3 is 3.00 bits per heavy atom. The number of furan rings is 1. The molecular formula is C14H16N2O2S. The fraction of sp³-hybridized carbons (Fsp3) is 0.429. The van der Waals surface area contributed by atoms with Crippen LogP contribution in [0.3, 0.4) is 0 Å². The Bertz CT molecular complexity index is 627. The molecule has 1 aliphatic rings. The van der Waals surface area contributed by atoms with Crippen LogP contribution in [0.25, 0.3) is 11.3 Å². The number of fused-ring (bicyclic) bond motifs is 3. The maximum Gasteiger partial charge on any atom is 0.231 e. The lowest BCUT2D eigenvalue weighted by Crippen LogP contribution is -2.30. The Morgan fingerprint density at radius 2 is 2.26 bits per heavy atom. The van der Waals surface area contributed by atoms with Gasteiger partial charge in [0.25, 0.3) is 0 Å². The zero-order valence-electron chi connectivity index (χ0n) is 11.3. The van der Waals surface area contributed by atoms with Crippen molar-refractivity contribution in [3.8, 4) is 11.3 Å². The van der Waals surface area contributed by atoms with E-state index in [1.165, 1.54) is 4.88 Å². The summed E-state index contributed by atoms with van der Waals surface area (Å²) < 4.78 is 5.45. The Hall–Kier alpha value is -1.62. The molecule has 0 unspecified atom stereocenters. The van der Waals surface area contributed by atoms with E-state index in [0.717, 1.165) is 35.0 Å². The third-order valence-corrected chi connectivity index (χ3v) is 4.57. The minimum Gasteiger partial charge on any atom is -0.469 e. The third kappa shape index (κ3) is 1.98. The summed E-state index contributed by atoms with van der Waals surface area (Å²) in [4.78, 5) is 19.6. The molecule has 2 heterocycles. The topological polar surface area (TPSA) is 46.3 Å². The van der Waals surface area contributed by atoms with E-state index in [1.54, 1.807) is 29.5 Å². The standard InChI is InChI=1S/C14H16N2O2S/c1-8(2)13(17)16(3)14-15-12-9-6-7-18-10(9)4-5-11(12)19-14/h6-8H,4-5H2,1-3H3. The van der Waals surface area contributed by atoms with Crippen LogP contribution in [0.1, 0.15) is 24.5 Å². The van der Waals surface area contributed by atoms with E-state index >= 15 is 0 Å². The first kappa shape index (κ1) is 12.4. The van der Waals surface area contributed by atoms with Gasteiger partial charge in [0.05, 0.1) is 12.0 Å². The minimum absolute atomic E-state index is 0.0181. The zero-order chi connectivity index (χ0) is 13.6. The summed E-state index contributed by atoms with van der Waals surface area (Å²) in [5.74, 6) is 1.08. The molecular weight excluding hydrogens is 260 g/mol. The minimum atomic E-state index is -0.0181. The molecule has 1 amide bonds. The van der Waals surface area contributed by atoms with E-state index in [4.69, 9.17) is 4.42 Å². The molecule has 0 fully saturated rings. The van der Waals surface area contributed by atoms with Crippen LogP contribution in [-0.4, -0.2) is 17.9 Å². The predicted molar refractivity (Wildman–Crippen MR) is 75.5 cm³/mol. The van der Waals surface area contributed by atoms with Crippen molar-refractivity contribution in [1.29, 1.82) is 0 Å². The van der Waals surface area contributed by atoms with Gasteiger partial charge in [-0.05, 0) is 12.5 Å². The highest BCUT2D eigenvalue weighted by Gasteiger charge is 2.26. The highest BCUT2D eigenvalue weighted by molar-refractivity contribution is 7.16. The predicted octanol–water partition coefficient (Wildman–Crippen LogP) is 3.12. The second kappa shape index (κ2) is 4.49. The van der Waals surface area contributed by atoms with Crippen molar-refractivity contribution in [3.05, 3.63) is 23.0 Å². The second-order valence-electron chi connectivity index (χ2n) is 5.08. The van der Waals surface area contributed by atoms with Crippen molar-refractivity contribution in [2.24, 2.45) is 5.92 Å². The molecule has 5 heteroatoms. The average molecular weight is 276 g/mol. The van der Waals surface area contributed by atoms with Crippen LogP contribution in [0.5, 0.6) is 0 Å². The number of hydrogen-bond acceptors (Lipinski definition) is 4. The molecule has 0 spiro atoms. The summed E-state index contributed by atoms with van der Waals surface area (Å²) in [6.45, 7) is 3.81.